The molecule has 0 saturated carbocycles. The Morgan fingerprint density at radius 1 is 1.06 bits per heavy atom. The maximum absolute atomic E-state index is 12.6. The quantitative estimate of drug-likeness (QED) is 0.272. The van der Waals surface area contributed by atoms with Gasteiger partial charge in [-0.3, -0.25) is 4.79 Å². The molecular formula is C25H20Br2N2O2. The minimum absolute atomic E-state index is 0.0229. The summed E-state index contributed by atoms with van der Waals surface area (Å²) in [6.07, 6.45) is 1.56. The minimum Gasteiger partial charge on any atom is -0.488 e. The first-order valence-electron chi connectivity index (χ1n) is 9.53. The van der Waals surface area contributed by atoms with Crippen LogP contribution in [0.1, 0.15) is 22.3 Å². The monoisotopic (exact) mass is 538 g/mol. The van der Waals surface area contributed by atoms with Gasteiger partial charge in [0.25, 0.3) is 5.91 Å². The van der Waals surface area contributed by atoms with E-state index in [1.54, 1.807) is 6.08 Å². The lowest BCUT2D eigenvalue weighted by Gasteiger charge is -2.11. The van der Waals surface area contributed by atoms with Crippen LogP contribution in [-0.4, -0.2) is 5.91 Å². The first-order valence-corrected chi connectivity index (χ1v) is 11.1. The van der Waals surface area contributed by atoms with Crippen LogP contribution in [0.3, 0.4) is 0 Å². The van der Waals surface area contributed by atoms with Crippen molar-refractivity contribution in [1.29, 1.82) is 5.26 Å². The van der Waals surface area contributed by atoms with E-state index in [1.807, 2.05) is 80.6 Å². The topological polar surface area (TPSA) is 62.1 Å². The second-order valence-electron chi connectivity index (χ2n) is 7.01. The Morgan fingerprint density at radius 2 is 1.84 bits per heavy atom. The molecule has 0 heterocycles. The van der Waals surface area contributed by atoms with Gasteiger partial charge in [0, 0.05) is 15.7 Å². The van der Waals surface area contributed by atoms with E-state index in [1.165, 1.54) is 0 Å². The molecule has 0 aromatic heterocycles. The molecule has 0 saturated heterocycles. The Balaban J connectivity index is 1.74. The molecule has 31 heavy (non-hydrogen) atoms. The van der Waals surface area contributed by atoms with Crippen LogP contribution >= 0.6 is 31.9 Å². The Labute approximate surface area is 198 Å². The molecule has 0 fully saturated rings. The number of nitrogens with one attached hydrogen (secondary N) is 1. The van der Waals surface area contributed by atoms with Crippen LogP contribution < -0.4 is 10.1 Å². The summed E-state index contributed by atoms with van der Waals surface area (Å²) in [4.78, 5) is 12.6. The Hall–Kier alpha value is -2.88. The number of carbonyl (C=O) groups excluding carboxylic acids is 1. The number of rotatable bonds is 6. The van der Waals surface area contributed by atoms with Gasteiger partial charge < -0.3 is 10.1 Å². The summed E-state index contributed by atoms with van der Waals surface area (Å²) in [7, 11) is 0. The average molecular weight is 540 g/mol. The fraction of sp³-hybridized carbons (Fsp3) is 0.120. The van der Waals surface area contributed by atoms with E-state index >= 15 is 0 Å². The standard InChI is InChI=1S/C25H20Br2N2O2/c1-16-7-8-17(2)23(11-16)29-25(30)20(14-28)12-18-9-10-24(22(27)13-18)31-15-19-5-3-4-6-21(19)26/h3-13H,15H2,1-2H3,(H,29,30)/b20-12+. The molecule has 3 rings (SSSR count). The fourth-order valence-electron chi connectivity index (χ4n) is 2.87. The predicted molar refractivity (Wildman–Crippen MR) is 131 cm³/mol. The van der Waals surface area contributed by atoms with E-state index in [9.17, 15) is 10.1 Å². The molecule has 1 amide bonds. The third-order valence-electron chi connectivity index (χ3n) is 4.61. The molecule has 0 bridgehead atoms. The van der Waals surface area contributed by atoms with Gasteiger partial charge in [-0.1, -0.05) is 52.3 Å². The van der Waals surface area contributed by atoms with Gasteiger partial charge in [0.2, 0.25) is 0 Å². The second kappa shape index (κ2) is 10.4. The summed E-state index contributed by atoms with van der Waals surface area (Å²) in [5.41, 5.74) is 4.44. The molecule has 0 aliphatic rings. The van der Waals surface area contributed by atoms with Crippen LogP contribution in [0.15, 0.2) is 75.2 Å². The predicted octanol–water partition coefficient (Wildman–Crippen LogP) is 6.95. The summed E-state index contributed by atoms with van der Waals surface area (Å²) in [5.74, 6) is 0.229. The molecule has 1 N–H and O–H groups in total. The molecule has 4 nitrogen and oxygen atoms in total. The number of hydrogen-bond donors (Lipinski definition) is 1. The van der Waals surface area contributed by atoms with Crippen LogP contribution in [0.25, 0.3) is 6.08 Å². The van der Waals surface area contributed by atoms with E-state index in [-0.39, 0.29) is 5.57 Å². The molecule has 0 aliphatic heterocycles. The number of anilines is 1. The van der Waals surface area contributed by atoms with E-state index in [2.05, 4.69) is 37.2 Å². The summed E-state index contributed by atoms with van der Waals surface area (Å²) in [6, 6.07) is 21.1. The molecular weight excluding hydrogens is 520 g/mol. The zero-order chi connectivity index (χ0) is 22.4. The number of nitrogens with zero attached hydrogens (tertiary/aromatic N) is 1. The van der Waals surface area contributed by atoms with Crippen molar-refractivity contribution in [3.63, 3.8) is 0 Å². The van der Waals surface area contributed by atoms with Crippen molar-refractivity contribution in [1.82, 2.24) is 0 Å². The van der Waals surface area contributed by atoms with Gasteiger partial charge >= 0.3 is 0 Å². The van der Waals surface area contributed by atoms with E-state index in [4.69, 9.17) is 4.74 Å². The van der Waals surface area contributed by atoms with Crippen LogP contribution in [-0.2, 0) is 11.4 Å². The number of benzene rings is 3. The zero-order valence-corrected chi connectivity index (χ0v) is 20.2. The van der Waals surface area contributed by atoms with Crippen molar-refractivity contribution >= 4 is 49.5 Å². The normalized spacial score (nSPS) is 11.0. The van der Waals surface area contributed by atoms with Crippen molar-refractivity contribution in [2.75, 3.05) is 5.32 Å². The van der Waals surface area contributed by atoms with Gasteiger partial charge in [0.1, 0.15) is 24.0 Å². The molecule has 3 aromatic carbocycles. The number of amides is 1. The van der Waals surface area contributed by atoms with E-state index in [0.717, 1.165) is 25.6 Å². The lowest BCUT2D eigenvalue weighted by atomic mass is 10.1. The Kier molecular flexibility index (Phi) is 7.67. The molecule has 0 atom stereocenters. The van der Waals surface area contributed by atoms with Gasteiger partial charge in [-0.05, 0) is 76.8 Å². The van der Waals surface area contributed by atoms with Crippen molar-refractivity contribution in [2.24, 2.45) is 0 Å². The summed E-state index contributed by atoms with van der Waals surface area (Å²) >= 11 is 7.02. The lowest BCUT2D eigenvalue weighted by molar-refractivity contribution is -0.112. The first kappa shape index (κ1) is 22.8. The SMILES string of the molecule is Cc1ccc(C)c(NC(=O)/C(C#N)=C/c2ccc(OCc3ccccc3Br)c(Br)c2)c1. The Bertz CT molecular complexity index is 1200. The van der Waals surface area contributed by atoms with Crippen molar-refractivity contribution in [3.8, 4) is 11.8 Å². The van der Waals surface area contributed by atoms with Crippen LogP contribution in [0.4, 0.5) is 5.69 Å². The number of aryl methyl sites for hydroxylation is 2. The molecule has 0 spiro atoms. The maximum atomic E-state index is 12.6. The molecule has 6 heteroatoms. The maximum Gasteiger partial charge on any atom is 0.266 e. The van der Waals surface area contributed by atoms with Crippen molar-refractivity contribution in [3.05, 3.63) is 97.4 Å². The van der Waals surface area contributed by atoms with Gasteiger partial charge in [-0.15, -0.1) is 0 Å². The zero-order valence-electron chi connectivity index (χ0n) is 17.1. The molecule has 0 radical (unpaired) electrons. The van der Waals surface area contributed by atoms with Crippen molar-refractivity contribution < 1.29 is 9.53 Å². The highest BCUT2D eigenvalue weighted by atomic mass is 79.9. The lowest BCUT2D eigenvalue weighted by Crippen LogP contribution is -2.14. The highest BCUT2D eigenvalue weighted by Crippen LogP contribution is 2.29. The fourth-order valence-corrected chi connectivity index (χ4v) is 3.78. The number of nitriles is 1. The van der Waals surface area contributed by atoms with Gasteiger partial charge in [-0.2, -0.15) is 5.26 Å². The van der Waals surface area contributed by atoms with Gasteiger partial charge in [-0.25, -0.2) is 0 Å². The van der Waals surface area contributed by atoms with Gasteiger partial charge in [0.05, 0.1) is 4.47 Å². The second-order valence-corrected chi connectivity index (χ2v) is 8.72. The third-order valence-corrected chi connectivity index (χ3v) is 6.01. The van der Waals surface area contributed by atoms with E-state index < -0.39 is 5.91 Å². The average Bonchev–Trinajstić information content (AvgIpc) is 2.75. The highest BCUT2D eigenvalue weighted by molar-refractivity contribution is 9.10. The van der Waals surface area contributed by atoms with Crippen molar-refractivity contribution in [2.45, 2.75) is 20.5 Å². The number of halogens is 2. The Morgan fingerprint density at radius 3 is 2.55 bits per heavy atom. The minimum atomic E-state index is -0.443. The summed E-state index contributed by atoms with van der Waals surface area (Å²) in [5, 5.41) is 12.3. The number of carbonyl (C=O) groups is 1. The molecule has 0 aliphatic carbocycles. The number of hydrogen-bond acceptors (Lipinski definition) is 3. The summed E-state index contributed by atoms with van der Waals surface area (Å²) in [6.45, 7) is 4.28. The van der Waals surface area contributed by atoms with Crippen LogP contribution in [0, 0.1) is 25.2 Å². The largest absolute Gasteiger partial charge is 0.488 e. The van der Waals surface area contributed by atoms with Gasteiger partial charge in [0.15, 0.2) is 0 Å². The smallest absolute Gasteiger partial charge is 0.266 e. The van der Waals surface area contributed by atoms with Crippen LogP contribution in [0.2, 0.25) is 0 Å². The molecule has 0 unspecified atom stereocenters. The van der Waals surface area contributed by atoms with Crippen LogP contribution in [0.5, 0.6) is 5.75 Å². The summed E-state index contributed by atoms with van der Waals surface area (Å²) < 4.78 is 7.62. The van der Waals surface area contributed by atoms with E-state index in [0.29, 0.717) is 23.6 Å². The molecule has 156 valence electrons. The third kappa shape index (κ3) is 6.06. The molecule has 3 aromatic rings. The highest BCUT2D eigenvalue weighted by Gasteiger charge is 2.12. The number of ether oxygens (including phenoxy) is 1. The first-order chi connectivity index (χ1) is 14.9.